The molecule has 1 aliphatic rings. The van der Waals surface area contributed by atoms with E-state index in [9.17, 15) is 0 Å². The van der Waals surface area contributed by atoms with Crippen molar-refractivity contribution < 1.29 is 0 Å². The average Bonchev–Trinajstić information content (AvgIpc) is 2.27. The number of nitrogens with one attached hydrogen (secondary N) is 1. The first-order valence-electron chi connectivity index (χ1n) is 4.72. The number of hydroxylamine groups is 1. The molecule has 0 unspecified atom stereocenters. The van der Waals surface area contributed by atoms with E-state index in [1.54, 1.807) is 3.33 Å². The van der Waals surface area contributed by atoms with Crippen molar-refractivity contribution in [1.29, 1.82) is 0 Å². The van der Waals surface area contributed by atoms with Crippen LogP contribution in [0.2, 0.25) is 4.68 Å². The van der Waals surface area contributed by atoms with Crippen molar-refractivity contribution in [2.75, 3.05) is 7.05 Å². The number of hydrogen-bond donors (Lipinski definition) is 1. The first kappa shape index (κ1) is 14.0. The standard InChI is InChI=1S/C9H11.CH4NO.CH3.In/c1-9(2)7-5-3-4-6-8-9;1-2-3;;/h3-5,7-8H,1-2H3;2H,1H3;1H3;/q;-1;;. The van der Waals surface area contributed by atoms with E-state index in [2.05, 4.69) is 48.9 Å². The Kier molecular flexibility index (Phi) is 7.33. The molecule has 0 aliphatic heterocycles. The molecule has 0 saturated carbocycles. The topological polar surface area (TPSA) is 35.1 Å². The van der Waals surface area contributed by atoms with Crippen LogP contribution in [0.5, 0.6) is 0 Å². The Labute approximate surface area is 98.1 Å². The van der Waals surface area contributed by atoms with Crippen molar-refractivity contribution in [3.63, 3.8) is 0 Å². The van der Waals surface area contributed by atoms with Crippen LogP contribution < -0.4 is 5.48 Å². The molecule has 1 radical (unpaired) electrons. The van der Waals surface area contributed by atoms with Gasteiger partial charge in [0.25, 0.3) is 0 Å². The summed E-state index contributed by atoms with van der Waals surface area (Å²) in [5, 5.41) is 8.68. The van der Waals surface area contributed by atoms with Crippen molar-refractivity contribution in [1.82, 2.24) is 5.48 Å². The predicted molar refractivity (Wildman–Crippen MR) is 64.2 cm³/mol. The quantitative estimate of drug-likeness (QED) is 0.754. The van der Waals surface area contributed by atoms with Gasteiger partial charge in [0.2, 0.25) is 0 Å². The average molecular weight is 295 g/mol. The Bertz CT molecular complexity index is 242. The predicted octanol–water partition coefficient (Wildman–Crippen LogP) is 2.48. The zero-order valence-electron chi connectivity index (χ0n) is 9.37. The summed E-state index contributed by atoms with van der Waals surface area (Å²) < 4.78 is 4.00. The fourth-order valence-electron chi connectivity index (χ4n) is 1.18. The Morgan fingerprint density at radius 3 is 2.43 bits per heavy atom. The first-order valence-corrected chi connectivity index (χ1v) is 9.67. The number of rotatable bonds is 1. The van der Waals surface area contributed by atoms with E-state index in [1.165, 1.54) is 12.5 Å². The van der Waals surface area contributed by atoms with Crippen LogP contribution in [0.4, 0.5) is 0 Å². The van der Waals surface area contributed by atoms with Gasteiger partial charge in [-0.05, 0) is 7.05 Å². The number of hydrogen-bond acceptors (Lipinski definition) is 2. The van der Waals surface area contributed by atoms with E-state index >= 15 is 0 Å². The van der Waals surface area contributed by atoms with E-state index < -0.39 is 22.9 Å². The van der Waals surface area contributed by atoms with Gasteiger partial charge in [0.05, 0.1) is 0 Å². The van der Waals surface area contributed by atoms with Gasteiger partial charge in [-0.1, -0.05) is 0 Å². The van der Waals surface area contributed by atoms with Crippen molar-refractivity contribution in [3.05, 3.63) is 38.9 Å². The van der Waals surface area contributed by atoms with E-state index in [0.29, 0.717) is 0 Å². The molecule has 2 nitrogen and oxygen atoms in total. The molecule has 0 aromatic heterocycles. The Hall–Kier alpha value is 0.0101. The summed E-state index contributed by atoms with van der Waals surface area (Å²) in [5.41, 5.74) is 1.78. The molecule has 77 valence electrons. The van der Waals surface area contributed by atoms with E-state index in [0.717, 1.165) is 0 Å². The van der Waals surface area contributed by atoms with Crippen LogP contribution in [0.25, 0.3) is 0 Å². The molecule has 0 amide bonds. The van der Waals surface area contributed by atoms with E-state index in [-0.39, 0.29) is 5.41 Å². The Morgan fingerprint density at radius 2 is 1.93 bits per heavy atom. The summed E-state index contributed by atoms with van der Waals surface area (Å²) >= 11 is -0.399. The molecule has 0 fully saturated rings. The molecule has 0 heterocycles. The van der Waals surface area contributed by atoms with Gasteiger partial charge in [0, 0.05) is 0 Å². The summed E-state index contributed by atoms with van der Waals surface area (Å²) in [6.07, 6.45) is 11.3. The molecular formula is C11H18InNO-. The second-order valence-corrected chi connectivity index (χ2v) is 7.23. The molecule has 0 spiro atoms. The van der Waals surface area contributed by atoms with Crippen molar-refractivity contribution in [3.8, 4) is 0 Å². The molecular weight excluding hydrogens is 277 g/mol. The normalized spacial score (nSPS) is 17.6. The van der Waals surface area contributed by atoms with Crippen LogP contribution in [0, 0.1) is 10.6 Å². The van der Waals surface area contributed by atoms with Gasteiger partial charge < -0.3 is 10.7 Å². The molecule has 0 aromatic rings. The molecule has 0 saturated heterocycles. The van der Waals surface area contributed by atoms with Crippen LogP contribution in [0.1, 0.15) is 13.8 Å². The molecule has 1 rings (SSSR count). The van der Waals surface area contributed by atoms with E-state index in [1.807, 2.05) is 0 Å². The van der Waals surface area contributed by atoms with E-state index in [4.69, 9.17) is 5.21 Å². The van der Waals surface area contributed by atoms with Crippen LogP contribution in [0.15, 0.2) is 33.7 Å². The maximum atomic E-state index is 8.68. The van der Waals surface area contributed by atoms with Crippen LogP contribution in [0.3, 0.4) is 0 Å². The third-order valence-corrected chi connectivity index (χ3v) is 4.73. The Balaban J connectivity index is 0.000000500. The van der Waals surface area contributed by atoms with Crippen molar-refractivity contribution >= 4 is 22.9 Å². The summed E-state index contributed by atoms with van der Waals surface area (Å²) in [5.74, 6) is 0. The van der Waals surface area contributed by atoms with Gasteiger partial charge in [-0.15, -0.1) is 0 Å². The SMILES string of the molecule is CN[O-].[CH3][In][C]1=CC(C)(C)C=CC=C1. The molecule has 0 bridgehead atoms. The summed E-state index contributed by atoms with van der Waals surface area (Å²) in [6.45, 7) is 4.52. The second-order valence-electron chi connectivity index (χ2n) is 3.68. The number of allylic oxidation sites excluding steroid dienone is 6. The third kappa shape index (κ3) is 6.46. The first-order chi connectivity index (χ1) is 6.55. The molecule has 1 N–H and O–H groups in total. The van der Waals surface area contributed by atoms with Crippen LogP contribution in [-0.4, -0.2) is 30.0 Å². The molecule has 1 aliphatic carbocycles. The molecule has 0 atom stereocenters. The van der Waals surface area contributed by atoms with Gasteiger partial charge in [0.15, 0.2) is 0 Å². The van der Waals surface area contributed by atoms with Gasteiger partial charge >= 0.3 is 80.6 Å². The van der Waals surface area contributed by atoms with Crippen LogP contribution in [-0.2, 0) is 0 Å². The minimum atomic E-state index is -0.399. The molecule has 3 heteroatoms. The van der Waals surface area contributed by atoms with Gasteiger partial charge in [-0.2, -0.15) is 0 Å². The van der Waals surface area contributed by atoms with Gasteiger partial charge in [-0.25, -0.2) is 0 Å². The summed E-state index contributed by atoms with van der Waals surface area (Å²) in [4.78, 5) is 0. The Morgan fingerprint density at radius 1 is 1.36 bits per heavy atom. The van der Waals surface area contributed by atoms with Crippen molar-refractivity contribution in [2.45, 2.75) is 18.5 Å². The third-order valence-electron chi connectivity index (χ3n) is 1.80. The monoisotopic (exact) mass is 295 g/mol. The summed E-state index contributed by atoms with van der Waals surface area (Å²) in [7, 11) is 1.32. The molecule has 0 aromatic carbocycles. The molecule has 14 heavy (non-hydrogen) atoms. The fourth-order valence-corrected chi connectivity index (χ4v) is 3.74. The fraction of sp³-hybridized carbons (Fsp3) is 0.455. The summed E-state index contributed by atoms with van der Waals surface area (Å²) in [6, 6.07) is 0. The zero-order chi connectivity index (χ0) is 11.0. The van der Waals surface area contributed by atoms with Crippen molar-refractivity contribution in [2.24, 2.45) is 5.41 Å². The second kappa shape index (κ2) is 7.32. The maximum absolute atomic E-state index is 8.68. The zero-order valence-corrected chi connectivity index (χ0v) is 12.7. The minimum absolute atomic E-state index is 0.278. The van der Waals surface area contributed by atoms with Gasteiger partial charge in [-0.3, -0.25) is 0 Å². The van der Waals surface area contributed by atoms with Crippen LogP contribution >= 0.6 is 0 Å². The van der Waals surface area contributed by atoms with Gasteiger partial charge in [0.1, 0.15) is 0 Å².